The lowest BCUT2D eigenvalue weighted by atomic mass is 9.43. The average molecular weight is 375 g/mol. The van der Waals surface area contributed by atoms with E-state index in [4.69, 9.17) is 9.31 Å². The van der Waals surface area contributed by atoms with E-state index in [0.717, 1.165) is 51.2 Å². The van der Waals surface area contributed by atoms with Gasteiger partial charge in [-0.25, -0.2) is 0 Å². The molecule has 0 spiro atoms. The van der Waals surface area contributed by atoms with Crippen molar-refractivity contribution >= 4 is 13.0 Å². The van der Waals surface area contributed by atoms with Gasteiger partial charge in [0, 0.05) is 19.1 Å². The summed E-state index contributed by atoms with van der Waals surface area (Å²) >= 11 is 0. The molecule has 0 aromatic heterocycles. The number of nitrogens with zero attached hydrogens (tertiary/aromatic N) is 1. The van der Waals surface area contributed by atoms with Crippen LogP contribution >= 0.6 is 0 Å². The number of likely N-dealkylation sites (tertiary alicyclic amines) is 1. The fraction of sp³-hybridized carbons (Fsp3) is 0.950. The van der Waals surface area contributed by atoms with E-state index >= 15 is 0 Å². The van der Waals surface area contributed by atoms with E-state index in [0.29, 0.717) is 23.9 Å². The predicted octanol–water partition coefficient (Wildman–Crippen LogP) is 1.20. The largest absolute Gasteiger partial charge is 0.481 e. The summed E-state index contributed by atoms with van der Waals surface area (Å²) in [7, 11) is -0.255. The Morgan fingerprint density at radius 1 is 1.30 bits per heavy atom. The second-order valence-electron chi connectivity index (χ2n) is 10.2. The van der Waals surface area contributed by atoms with Crippen LogP contribution in [0.5, 0.6) is 0 Å². The minimum absolute atomic E-state index is 0.0729. The first-order valence-corrected chi connectivity index (χ1v) is 11.0. The molecule has 0 unspecified atom stereocenters. The van der Waals surface area contributed by atoms with Crippen LogP contribution in [0.1, 0.15) is 52.9 Å². The summed E-state index contributed by atoms with van der Waals surface area (Å²) in [4.78, 5) is 14.9. The van der Waals surface area contributed by atoms with Gasteiger partial charge >= 0.3 is 7.12 Å². The molecular weight excluding hydrogens is 341 g/mol. The van der Waals surface area contributed by atoms with E-state index < -0.39 is 0 Å². The predicted molar refractivity (Wildman–Crippen MR) is 104 cm³/mol. The third-order valence-corrected chi connectivity index (χ3v) is 8.50. The van der Waals surface area contributed by atoms with Gasteiger partial charge in [0.1, 0.15) is 0 Å². The van der Waals surface area contributed by atoms with Crippen molar-refractivity contribution < 1.29 is 14.1 Å². The quantitative estimate of drug-likeness (QED) is 0.723. The van der Waals surface area contributed by atoms with E-state index in [1.165, 1.54) is 6.42 Å². The number of carbonyl (C=O) groups is 1. The number of hydrogen-bond acceptors (Lipinski definition) is 5. The van der Waals surface area contributed by atoms with Crippen molar-refractivity contribution in [2.45, 2.75) is 76.6 Å². The van der Waals surface area contributed by atoms with Crippen LogP contribution in [0.15, 0.2) is 0 Å². The van der Waals surface area contributed by atoms with Gasteiger partial charge in [0.2, 0.25) is 5.91 Å². The first-order chi connectivity index (χ1) is 12.9. The van der Waals surface area contributed by atoms with Gasteiger partial charge in [-0.2, -0.15) is 0 Å². The molecule has 2 bridgehead atoms. The summed E-state index contributed by atoms with van der Waals surface area (Å²) in [6, 6.07) is 0.421. The normalized spacial score (nSPS) is 45.1. The molecule has 27 heavy (non-hydrogen) atoms. The highest BCUT2D eigenvalue weighted by atomic mass is 16.7. The molecule has 6 aliphatic rings. The Bertz CT molecular complexity index is 611. The zero-order valence-corrected chi connectivity index (χ0v) is 17.0. The standard InChI is InChI=1S/C20H34BN3O3/c1-19(2)13-9-15(19)20(3)16(10-13)26-21(27-20)17-5-4-8-24(17)18(25)12-23-14-6-7-22-11-14/h13-17,22-23H,4-12H2,1-3H3/t13-,14-,15-,16-,17+,20+/m1/s1. The van der Waals surface area contributed by atoms with E-state index in [9.17, 15) is 4.79 Å². The molecule has 0 aromatic carbocycles. The minimum Gasteiger partial charge on any atom is -0.404 e. The van der Waals surface area contributed by atoms with Crippen LogP contribution < -0.4 is 10.6 Å². The molecule has 3 saturated carbocycles. The van der Waals surface area contributed by atoms with Crippen molar-refractivity contribution in [2.75, 3.05) is 26.2 Å². The summed E-state index contributed by atoms with van der Waals surface area (Å²) in [5.41, 5.74) is 0.169. The van der Waals surface area contributed by atoms with Gasteiger partial charge in [-0.15, -0.1) is 0 Å². The maximum Gasteiger partial charge on any atom is 0.481 e. The lowest BCUT2D eigenvalue weighted by Crippen LogP contribution is -2.65. The first kappa shape index (κ1) is 18.4. The lowest BCUT2D eigenvalue weighted by molar-refractivity contribution is -0.199. The van der Waals surface area contributed by atoms with Gasteiger partial charge in [-0.05, 0) is 62.8 Å². The SMILES string of the molecule is CC1(C)[C@@H]2C[C@H]1[C@]1(C)OB([C@@H]3CCCN3C(=O)CN[C@@H]3CCNC3)O[C@@H]1C2. The molecule has 6 atom stereocenters. The summed E-state index contributed by atoms with van der Waals surface area (Å²) in [6.45, 7) is 10.3. The molecule has 3 heterocycles. The van der Waals surface area contributed by atoms with Crippen LogP contribution in [0, 0.1) is 17.3 Å². The molecule has 1 amide bonds. The second kappa shape index (κ2) is 6.44. The van der Waals surface area contributed by atoms with Crippen LogP contribution in [0.3, 0.4) is 0 Å². The molecular formula is C20H34BN3O3. The van der Waals surface area contributed by atoms with Gasteiger partial charge in [0.05, 0.1) is 24.2 Å². The van der Waals surface area contributed by atoms with Gasteiger partial charge in [0.15, 0.2) is 0 Å². The van der Waals surface area contributed by atoms with Crippen molar-refractivity contribution in [3.8, 4) is 0 Å². The molecule has 6 rings (SSSR count). The van der Waals surface area contributed by atoms with Crippen LogP contribution in [0.2, 0.25) is 0 Å². The lowest BCUT2D eigenvalue weighted by Gasteiger charge is -2.64. The van der Waals surface area contributed by atoms with E-state index in [1.54, 1.807) is 0 Å². The molecule has 2 N–H and O–H groups in total. The van der Waals surface area contributed by atoms with Crippen molar-refractivity contribution in [3.05, 3.63) is 0 Å². The number of rotatable bonds is 4. The summed E-state index contributed by atoms with van der Waals surface area (Å²) in [5, 5.41) is 6.75. The van der Waals surface area contributed by atoms with Gasteiger partial charge in [0.25, 0.3) is 0 Å². The Hall–Kier alpha value is -0.625. The first-order valence-electron chi connectivity index (χ1n) is 11.0. The third kappa shape index (κ3) is 2.80. The third-order valence-electron chi connectivity index (χ3n) is 8.50. The number of nitrogens with one attached hydrogen (secondary N) is 2. The maximum absolute atomic E-state index is 12.9. The van der Waals surface area contributed by atoms with Gasteiger partial charge in [-0.1, -0.05) is 13.8 Å². The minimum atomic E-state index is -0.255. The fourth-order valence-corrected chi connectivity index (χ4v) is 6.61. The average Bonchev–Trinajstić information content (AvgIpc) is 3.36. The highest BCUT2D eigenvalue weighted by Crippen LogP contribution is 2.65. The van der Waals surface area contributed by atoms with Crippen molar-refractivity contribution in [1.29, 1.82) is 0 Å². The molecule has 7 heteroatoms. The summed E-state index contributed by atoms with van der Waals surface area (Å²) in [6.07, 6.45) is 5.70. The molecule has 0 aromatic rings. The zero-order valence-electron chi connectivity index (χ0n) is 17.0. The maximum atomic E-state index is 12.9. The second-order valence-corrected chi connectivity index (χ2v) is 10.2. The molecule has 6 nitrogen and oxygen atoms in total. The highest BCUT2D eigenvalue weighted by molar-refractivity contribution is 6.48. The van der Waals surface area contributed by atoms with Crippen LogP contribution in [-0.2, 0) is 14.1 Å². The Balaban J connectivity index is 1.24. The summed E-state index contributed by atoms with van der Waals surface area (Å²) < 4.78 is 13.1. The topological polar surface area (TPSA) is 62.8 Å². The Morgan fingerprint density at radius 3 is 2.89 bits per heavy atom. The van der Waals surface area contributed by atoms with Crippen molar-refractivity contribution in [2.24, 2.45) is 17.3 Å². The number of hydrogen-bond donors (Lipinski definition) is 2. The summed E-state index contributed by atoms with van der Waals surface area (Å²) in [5.74, 6) is 1.60. The Morgan fingerprint density at radius 2 is 2.15 bits per heavy atom. The monoisotopic (exact) mass is 375 g/mol. The van der Waals surface area contributed by atoms with Gasteiger partial charge < -0.3 is 24.8 Å². The molecule has 3 aliphatic heterocycles. The highest BCUT2D eigenvalue weighted by Gasteiger charge is 2.69. The molecule has 6 fully saturated rings. The Labute approximate surface area is 163 Å². The fourth-order valence-electron chi connectivity index (χ4n) is 6.61. The van der Waals surface area contributed by atoms with Crippen LogP contribution in [0.4, 0.5) is 0 Å². The smallest absolute Gasteiger partial charge is 0.404 e. The van der Waals surface area contributed by atoms with Crippen LogP contribution in [-0.4, -0.2) is 67.8 Å². The molecule has 3 saturated heterocycles. The van der Waals surface area contributed by atoms with E-state index in [1.807, 2.05) is 4.90 Å². The van der Waals surface area contributed by atoms with E-state index in [2.05, 4.69) is 31.4 Å². The number of amides is 1. The number of carbonyl (C=O) groups excluding carboxylic acids is 1. The molecule has 0 radical (unpaired) electrons. The zero-order chi connectivity index (χ0) is 18.8. The van der Waals surface area contributed by atoms with Crippen molar-refractivity contribution in [1.82, 2.24) is 15.5 Å². The molecule has 3 aliphatic carbocycles. The van der Waals surface area contributed by atoms with Crippen molar-refractivity contribution in [3.63, 3.8) is 0 Å². The van der Waals surface area contributed by atoms with Gasteiger partial charge in [-0.3, -0.25) is 4.79 Å². The molecule has 150 valence electrons. The van der Waals surface area contributed by atoms with Crippen LogP contribution in [0.25, 0.3) is 0 Å². The Kier molecular flexibility index (Phi) is 4.39. The van der Waals surface area contributed by atoms with E-state index in [-0.39, 0.29) is 30.7 Å².